The van der Waals surface area contributed by atoms with Crippen molar-refractivity contribution >= 4 is 11.7 Å². The third-order valence-corrected chi connectivity index (χ3v) is 2.47. The highest BCUT2D eigenvalue weighted by Crippen LogP contribution is 2.17. The van der Waals surface area contributed by atoms with E-state index >= 15 is 0 Å². The maximum Gasteiger partial charge on any atom is 0.354 e. The molecule has 1 aromatic heterocycles. The first kappa shape index (κ1) is 13.4. The van der Waals surface area contributed by atoms with Gasteiger partial charge in [-0.3, -0.25) is 0 Å². The highest BCUT2D eigenvalue weighted by atomic mass is 16.4. The highest BCUT2D eigenvalue weighted by Gasteiger charge is 2.12. The summed E-state index contributed by atoms with van der Waals surface area (Å²) in [5.74, 6) is -1.03. The molecule has 0 amide bonds. The number of anilines is 1. The predicted molar refractivity (Wildman–Crippen MR) is 65.4 cm³/mol. The van der Waals surface area contributed by atoms with E-state index in [9.17, 15) is 4.79 Å². The minimum absolute atomic E-state index is 0.0390. The lowest BCUT2D eigenvalue weighted by atomic mass is 10.2. The SMILES string of the molecule is CC(C)N(CCCO)c1ccnc(C(=O)O)c1. The number of aliphatic hydroxyl groups excluding tert-OH is 1. The van der Waals surface area contributed by atoms with E-state index in [-0.39, 0.29) is 18.3 Å². The summed E-state index contributed by atoms with van der Waals surface area (Å²) in [6, 6.07) is 3.58. The molecule has 1 heterocycles. The lowest BCUT2D eigenvalue weighted by Gasteiger charge is -2.28. The maximum absolute atomic E-state index is 10.8. The second-order valence-electron chi connectivity index (χ2n) is 4.07. The number of aromatic nitrogens is 1. The first-order valence-electron chi connectivity index (χ1n) is 5.63. The Kier molecular flexibility index (Phi) is 4.90. The summed E-state index contributed by atoms with van der Waals surface area (Å²) in [6.45, 7) is 4.87. The Labute approximate surface area is 101 Å². The molecule has 0 saturated heterocycles. The van der Waals surface area contributed by atoms with Gasteiger partial charge in [-0.2, -0.15) is 0 Å². The van der Waals surface area contributed by atoms with Crippen LogP contribution < -0.4 is 4.90 Å². The smallest absolute Gasteiger partial charge is 0.354 e. The van der Waals surface area contributed by atoms with E-state index in [0.717, 1.165) is 5.69 Å². The van der Waals surface area contributed by atoms with Gasteiger partial charge in [-0.05, 0) is 32.4 Å². The predicted octanol–water partition coefficient (Wildman–Crippen LogP) is 1.38. The first-order chi connectivity index (χ1) is 8.06. The molecule has 0 aliphatic heterocycles. The van der Waals surface area contributed by atoms with Crippen molar-refractivity contribution in [1.29, 1.82) is 0 Å². The summed E-state index contributed by atoms with van der Waals surface area (Å²) in [5.41, 5.74) is 0.859. The fourth-order valence-electron chi connectivity index (χ4n) is 1.64. The summed E-state index contributed by atoms with van der Waals surface area (Å²) in [6.07, 6.45) is 2.15. The summed E-state index contributed by atoms with van der Waals surface area (Å²) < 4.78 is 0. The van der Waals surface area contributed by atoms with Gasteiger partial charge in [0.1, 0.15) is 5.69 Å². The van der Waals surface area contributed by atoms with Gasteiger partial charge in [0.2, 0.25) is 0 Å². The largest absolute Gasteiger partial charge is 0.477 e. The van der Waals surface area contributed by atoms with E-state index in [1.807, 2.05) is 18.7 Å². The van der Waals surface area contributed by atoms with Gasteiger partial charge in [0, 0.05) is 31.1 Å². The molecular formula is C12H18N2O3. The Morgan fingerprint density at radius 3 is 2.76 bits per heavy atom. The van der Waals surface area contributed by atoms with Gasteiger partial charge in [0.05, 0.1) is 0 Å². The van der Waals surface area contributed by atoms with Crippen LogP contribution in [0.2, 0.25) is 0 Å². The molecule has 1 aromatic rings. The molecule has 2 N–H and O–H groups in total. The summed E-state index contributed by atoms with van der Waals surface area (Å²) in [5, 5.41) is 17.7. The topological polar surface area (TPSA) is 73.7 Å². The van der Waals surface area contributed by atoms with E-state index in [1.54, 1.807) is 12.1 Å². The molecular weight excluding hydrogens is 220 g/mol. The van der Waals surface area contributed by atoms with Gasteiger partial charge >= 0.3 is 5.97 Å². The zero-order chi connectivity index (χ0) is 12.8. The molecule has 0 saturated carbocycles. The normalized spacial score (nSPS) is 10.6. The second kappa shape index (κ2) is 6.20. The molecule has 94 valence electrons. The summed E-state index contributed by atoms with van der Waals surface area (Å²) in [4.78, 5) is 16.7. The van der Waals surface area contributed by atoms with Gasteiger partial charge in [-0.1, -0.05) is 0 Å². The van der Waals surface area contributed by atoms with Crippen LogP contribution >= 0.6 is 0 Å². The molecule has 5 heteroatoms. The maximum atomic E-state index is 10.8. The lowest BCUT2D eigenvalue weighted by Crippen LogP contribution is -2.32. The fraction of sp³-hybridized carbons (Fsp3) is 0.500. The number of carboxylic acid groups (broad SMARTS) is 1. The monoisotopic (exact) mass is 238 g/mol. The Morgan fingerprint density at radius 2 is 2.24 bits per heavy atom. The van der Waals surface area contributed by atoms with Crippen LogP contribution in [-0.4, -0.2) is 40.4 Å². The van der Waals surface area contributed by atoms with Gasteiger partial charge < -0.3 is 15.1 Å². The summed E-state index contributed by atoms with van der Waals surface area (Å²) in [7, 11) is 0. The van der Waals surface area contributed by atoms with Crippen LogP contribution in [-0.2, 0) is 0 Å². The minimum atomic E-state index is -1.03. The van der Waals surface area contributed by atoms with Crippen LogP contribution in [0.4, 0.5) is 5.69 Å². The van der Waals surface area contributed by atoms with E-state index in [1.165, 1.54) is 6.20 Å². The Bertz CT molecular complexity index is 380. The molecule has 0 radical (unpaired) electrons. The van der Waals surface area contributed by atoms with E-state index in [4.69, 9.17) is 10.2 Å². The van der Waals surface area contributed by atoms with E-state index in [0.29, 0.717) is 13.0 Å². The van der Waals surface area contributed by atoms with Crippen LogP contribution in [0, 0.1) is 0 Å². The molecule has 0 aliphatic carbocycles. The molecule has 0 fully saturated rings. The standard InChI is InChI=1S/C12H18N2O3/c1-9(2)14(6-3-7-15)10-4-5-13-11(8-10)12(16)17/h4-5,8-9,15H,3,6-7H2,1-2H3,(H,16,17). The van der Waals surface area contributed by atoms with E-state index < -0.39 is 5.97 Å². The number of aliphatic hydroxyl groups is 1. The van der Waals surface area contributed by atoms with Crippen molar-refractivity contribution in [3.8, 4) is 0 Å². The van der Waals surface area contributed by atoms with Crippen molar-refractivity contribution in [2.24, 2.45) is 0 Å². The van der Waals surface area contributed by atoms with Gasteiger partial charge in [0.15, 0.2) is 0 Å². The quantitative estimate of drug-likeness (QED) is 0.783. The second-order valence-corrected chi connectivity index (χ2v) is 4.07. The molecule has 0 spiro atoms. The number of carbonyl (C=O) groups is 1. The van der Waals surface area contributed by atoms with Gasteiger partial charge in [-0.15, -0.1) is 0 Å². The van der Waals surface area contributed by atoms with Crippen molar-refractivity contribution in [3.63, 3.8) is 0 Å². The Morgan fingerprint density at radius 1 is 1.53 bits per heavy atom. The lowest BCUT2D eigenvalue weighted by molar-refractivity contribution is 0.0690. The van der Waals surface area contributed by atoms with Crippen molar-refractivity contribution in [2.75, 3.05) is 18.1 Å². The van der Waals surface area contributed by atoms with Crippen molar-refractivity contribution in [3.05, 3.63) is 24.0 Å². The number of hydrogen-bond acceptors (Lipinski definition) is 4. The zero-order valence-electron chi connectivity index (χ0n) is 10.1. The number of pyridine rings is 1. The van der Waals surface area contributed by atoms with Gasteiger partial charge in [0.25, 0.3) is 0 Å². The van der Waals surface area contributed by atoms with Crippen molar-refractivity contribution in [1.82, 2.24) is 4.98 Å². The molecule has 17 heavy (non-hydrogen) atoms. The zero-order valence-corrected chi connectivity index (χ0v) is 10.1. The molecule has 0 bridgehead atoms. The Hall–Kier alpha value is -1.62. The number of carboxylic acids is 1. The molecule has 0 aliphatic rings. The van der Waals surface area contributed by atoms with Crippen LogP contribution in [0.25, 0.3) is 0 Å². The molecule has 0 atom stereocenters. The van der Waals surface area contributed by atoms with E-state index in [2.05, 4.69) is 4.98 Å². The van der Waals surface area contributed by atoms with Crippen molar-refractivity contribution in [2.45, 2.75) is 26.3 Å². The number of nitrogens with zero attached hydrogens (tertiary/aromatic N) is 2. The number of aromatic carboxylic acids is 1. The number of rotatable bonds is 6. The third kappa shape index (κ3) is 3.71. The minimum Gasteiger partial charge on any atom is -0.477 e. The third-order valence-electron chi connectivity index (χ3n) is 2.47. The number of hydrogen-bond donors (Lipinski definition) is 2. The molecule has 5 nitrogen and oxygen atoms in total. The van der Waals surface area contributed by atoms with Crippen LogP contribution in [0.3, 0.4) is 0 Å². The van der Waals surface area contributed by atoms with Gasteiger partial charge in [-0.25, -0.2) is 9.78 Å². The van der Waals surface area contributed by atoms with Crippen molar-refractivity contribution < 1.29 is 15.0 Å². The molecule has 1 rings (SSSR count). The first-order valence-corrected chi connectivity index (χ1v) is 5.63. The average Bonchev–Trinajstić information content (AvgIpc) is 2.29. The highest BCUT2D eigenvalue weighted by molar-refractivity contribution is 5.86. The fourth-order valence-corrected chi connectivity index (χ4v) is 1.64. The average molecular weight is 238 g/mol. The summed E-state index contributed by atoms with van der Waals surface area (Å²) >= 11 is 0. The van der Waals surface area contributed by atoms with Crippen LogP contribution in [0.1, 0.15) is 30.8 Å². The molecule has 0 aromatic carbocycles. The van der Waals surface area contributed by atoms with Crippen LogP contribution in [0.5, 0.6) is 0 Å². The molecule has 0 unspecified atom stereocenters. The Balaban J connectivity index is 2.93. The van der Waals surface area contributed by atoms with Crippen LogP contribution in [0.15, 0.2) is 18.3 Å².